The van der Waals surface area contributed by atoms with Crippen molar-refractivity contribution in [2.45, 2.75) is 13.8 Å². The summed E-state index contributed by atoms with van der Waals surface area (Å²) in [7, 11) is 0. The molecule has 0 bridgehead atoms. The molecule has 2 rings (SSSR count). The van der Waals surface area contributed by atoms with Crippen LogP contribution in [0.3, 0.4) is 0 Å². The zero-order chi connectivity index (χ0) is 17.7. The van der Waals surface area contributed by atoms with Crippen LogP contribution in [-0.4, -0.2) is 24.9 Å². The molecule has 0 radical (unpaired) electrons. The number of nitrogens with zero attached hydrogens (tertiary/aromatic N) is 2. The molecule has 0 aliphatic heterocycles. The van der Waals surface area contributed by atoms with E-state index in [1.807, 2.05) is 25.1 Å². The minimum atomic E-state index is -1.07. The van der Waals surface area contributed by atoms with E-state index in [1.54, 1.807) is 12.1 Å². The van der Waals surface area contributed by atoms with Gasteiger partial charge in [-0.05, 0) is 31.2 Å². The first kappa shape index (κ1) is 17.6. The molecule has 0 spiro atoms. The van der Waals surface area contributed by atoms with Crippen LogP contribution in [0.4, 0.5) is 20.2 Å². The molecule has 0 N–H and O–H groups in total. The van der Waals surface area contributed by atoms with Crippen LogP contribution >= 0.6 is 0 Å². The average Bonchev–Trinajstić information content (AvgIpc) is 2.57. The third kappa shape index (κ3) is 3.95. The topological polar surface area (TPSA) is 40.6 Å². The summed E-state index contributed by atoms with van der Waals surface area (Å²) in [4.78, 5) is 27.1. The first-order chi connectivity index (χ1) is 11.4. The Kier molecular flexibility index (Phi) is 5.63. The normalized spacial score (nSPS) is 10.3. The van der Waals surface area contributed by atoms with Crippen LogP contribution in [0, 0.1) is 11.6 Å². The molecule has 0 heterocycles. The number of carbonyl (C=O) groups excluding carboxylic acids is 2. The molecule has 0 saturated heterocycles. The number of amides is 2. The third-order valence-electron chi connectivity index (χ3n) is 3.57. The van der Waals surface area contributed by atoms with Crippen molar-refractivity contribution in [2.24, 2.45) is 0 Å². The maximum Gasteiger partial charge on any atom is 0.247 e. The minimum absolute atomic E-state index is 0.138. The van der Waals surface area contributed by atoms with E-state index in [4.69, 9.17) is 0 Å². The number of carbonyl (C=O) groups is 2. The van der Waals surface area contributed by atoms with Crippen molar-refractivity contribution in [3.63, 3.8) is 0 Å². The van der Waals surface area contributed by atoms with E-state index in [2.05, 4.69) is 0 Å². The lowest BCUT2D eigenvalue weighted by atomic mass is 10.2. The summed E-state index contributed by atoms with van der Waals surface area (Å²) in [5.74, 6) is -2.82. The van der Waals surface area contributed by atoms with Crippen LogP contribution < -0.4 is 9.80 Å². The highest BCUT2D eigenvalue weighted by Crippen LogP contribution is 2.20. The number of anilines is 2. The summed E-state index contributed by atoms with van der Waals surface area (Å²) in [5.41, 5.74) is 0.845. The number of hydrogen-bond acceptors (Lipinski definition) is 2. The second kappa shape index (κ2) is 7.68. The summed E-state index contributed by atoms with van der Waals surface area (Å²) in [6, 6.07) is 12.1. The largest absolute Gasteiger partial charge is 0.311 e. The lowest BCUT2D eigenvalue weighted by Crippen LogP contribution is -2.42. The lowest BCUT2D eigenvalue weighted by Gasteiger charge is -2.26. The van der Waals surface area contributed by atoms with Gasteiger partial charge in [0.25, 0.3) is 0 Å². The first-order valence-electron chi connectivity index (χ1n) is 7.52. The molecule has 24 heavy (non-hydrogen) atoms. The molecule has 4 nitrogen and oxygen atoms in total. The summed E-state index contributed by atoms with van der Waals surface area (Å²) in [5, 5.41) is 0. The summed E-state index contributed by atoms with van der Waals surface area (Å²) >= 11 is 0. The Morgan fingerprint density at radius 1 is 0.917 bits per heavy atom. The van der Waals surface area contributed by atoms with Crippen molar-refractivity contribution in [1.29, 1.82) is 0 Å². The van der Waals surface area contributed by atoms with E-state index in [9.17, 15) is 18.4 Å². The zero-order valence-corrected chi connectivity index (χ0v) is 13.5. The van der Waals surface area contributed by atoms with Crippen LogP contribution in [0.2, 0.25) is 0 Å². The molecular weight excluding hydrogens is 314 g/mol. The van der Waals surface area contributed by atoms with Gasteiger partial charge < -0.3 is 9.80 Å². The molecule has 0 saturated carbocycles. The fourth-order valence-electron chi connectivity index (χ4n) is 2.37. The zero-order valence-electron chi connectivity index (χ0n) is 13.5. The average molecular weight is 332 g/mol. The first-order valence-corrected chi connectivity index (χ1v) is 7.52. The lowest BCUT2D eigenvalue weighted by molar-refractivity contribution is -0.121. The highest BCUT2D eigenvalue weighted by molar-refractivity contribution is 6.02. The van der Waals surface area contributed by atoms with Gasteiger partial charge in [0, 0.05) is 30.9 Å². The molecule has 0 fully saturated rings. The summed E-state index contributed by atoms with van der Waals surface area (Å²) in [6.45, 7) is 3.25. The molecule has 126 valence electrons. The predicted molar refractivity (Wildman–Crippen MR) is 88.9 cm³/mol. The van der Waals surface area contributed by atoms with Crippen molar-refractivity contribution in [3.8, 4) is 0 Å². The van der Waals surface area contributed by atoms with Crippen molar-refractivity contribution in [3.05, 3.63) is 60.2 Å². The van der Waals surface area contributed by atoms with Gasteiger partial charge in [-0.25, -0.2) is 8.78 Å². The Morgan fingerprint density at radius 2 is 1.58 bits per heavy atom. The van der Waals surface area contributed by atoms with Gasteiger partial charge in [0.05, 0.1) is 0 Å². The second-order valence-corrected chi connectivity index (χ2v) is 5.18. The molecule has 6 heteroatoms. The highest BCUT2D eigenvalue weighted by atomic mass is 19.2. The van der Waals surface area contributed by atoms with E-state index < -0.39 is 17.5 Å². The predicted octanol–water partition coefficient (Wildman–Crippen LogP) is 3.37. The van der Waals surface area contributed by atoms with E-state index in [-0.39, 0.29) is 18.1 Å². The molecule has 0 atom stereocenters. The van der Waals surface area contributed by atoms with Crippen molar-refractivity contribution in [2.75, 3.05) is 22.9 Å². The molecule has 0 aliphatic rings. The van der Waals surface area contributed by atoms with Gasteiger partial charge in [-0.1, -0.05) is 18.2 Å². The van der Waals surface area contributed by atoms with Gasteiger partial charge in [-0.3, -0.25) is 9.59 Å². The Balaban J connectivity index is 2.25. The molecule has 0 unspecified atom stereocenters. The smallest absolute Gasteiger partial charge is 0.247 e. The fourth-order valence-corrected chi connectivity index (χ4v) is 2.37. The van der Waals surface area contributed by atoms with Crippen LogP contribution in [-0.2, 0) is 9.59 Å². The standard InChI is InChI=1S/C18H18F2N2O2/c1-3-21(14-7-5-4-6-8-14)18(24)12-22(13(2)23)15-9-10-16(19)17(20)11-15/h4-11H,3,12H2,1-2H3. The van der Waals surface area contributed by atoms with Crippen LogP contribution in [0.15, 0.2) is 48.5 Å². The van der Waals surface area contributed by atoms with Crippen molar-refractivity contribution in [1.82, 2.24) is 0 Å². The van der Waals surface area contributed by atoms with Gasteiger partial charge in [0.2, 0.25) is 11.8 Å². The molecule has 2 amide bonds. The van der Waals surface area contributed by atoms with Crippen LogP contribution in [0.25, 0.3) is 0 Å². The van der Waals surface area contributed by atoms with Gasteiger partial charge in [0.15, 0.2) is 11.6 Å². The Labute approximate surface area is 139 Å². The quantitative estimate of drug-likeness (QED) is 0.842. The maximum atomic E-state index is 13.4. The van der Waals surface area contributed by atoms with Gasteiger partial charge >= 0.3 is 0 Å². The van der Waals surface area contributed by atoms with Crippen LogP contribution in [0.1, 0.15) is 13.8 Å². The number of benzene rings is 2. The summed E-state index contributed by atoms with van der Waals surface area (Å²) < 4.78 is 26.5. The fraction of sp³-hybridized carbons (Fsp3) is 0.222. The van der Waals surface area contributed by atoms with E-state index in [0.717, 1.165) is 17.0 Å². The third-order valence-corrected chi connectivity index (χ3v) is 3.57. The molecule has 0 aliphatic carbocycles. The second-order valence-electron chi connectivity index (χ2n) is 5.18. The number of rotatable bonds is 5. The Morgan fingerprint density at radius 3 is 2.12 bits per heavy atom. The minimum Gasteiger partial charge on any atom is -0.311 e. The van der Waals surface area contributed by atoms with E-state index >= 15 is 0 Å². The number of para-hydroxylation sites is 1. The SMILES string of the molecule is CCN(C(=O)CN(C(C)=O)c1ccc(F)c(F)c1)c1ccccc1. The number of hydrogen-bond donors (Lipinski definition) is 0. The Bertz CT molecular complexity index is 735. The molecule has 2 aromatic carbocycles. The summed E-state index contributed by atoms with van der Waals surface area (Å²) in [6.07, 6.45) is 0. The number of likely N-dealkylation sites (N-methyl/N-ethyl adjacent to an activating group) is 1. The molecule has 2 aromatic rings. The van der Waals surface area contributed by atoms with Crippen LogP contribution in [0.5, 0.6) is 0 Å². The van der Waals surface area contributed by atoms with Gasteiger partial charge in [0.1, 0.15) is 6.54 Å². The van der Waals surface area contributed by atoms with E-state index in [0.29, 0.717) is 12.2 Å². The maximum absolute atomic E-state index is 13.4. The highest BCUT2D eigenvalue weighted by Gasteiger charge is 2.21. The van der Waals surface area contributed by atoms with Crippen molar-refractivity contribution < 1.29 is 18.4 Å². The van der Waals surface area contributed by atoms with E-state index in [1.165, 1.54) is 17.9 Å². The Hall–Kier alpha value is -2.76. The molecule has 0 aromatic heterocycles. The molecular formula is C18H18F2N2O2. The number of halogens is 2. The van der Waals surface area contributed by atoms with Gasteiger partial charge in [-0.15, -0.1) is 0 Å². The van der Waals surface area contributed by atoms with Crippen molar-refractivity contribution >= 4 is 23.2 Å². The monoisotopic (exact) mass is 332 g/mol. The van der Waals surface area contributed by atoms with Gasteiger partial charge in [-0.2, -0.15) is 0 Å².